The first-order chi connectivity index (χ1) is 12.1. The number of carbonyl (C=O) groups excluding carboxylic acids is 1. The molecule has 0 radical (unpaired) electrons. The molecule has 1 amide bonds. The highest BCUT2D eigenvalue weighted by Gasteiger charge is 2.42. The van der Waals surface area contributed by atoms with Crippen molar-refractivity contribution in [3.63, 3.8) is 0 Å². The Morgan fingerprint density at radius 1 is 1.56 bits per heavy atom. The van der Waals surface area contributed by atoms with Crippen LogP contribution >= 0.6 is 0 Å². The Kier molecular flexibility index (Phi) is 5.66. The van der Waals surface area contributed by atoms with Gasteiger partial charge >= 0.3 is 0 Å². The van der Waals surface area contributed by atoms with Crippen LogP contribution in [0.2, 0.25) is 0 Å². The molecule has 2 aliphatic rings. The van der Waals surface area contributed by atoms with Gasteiger partial charge in [0.15, 0.2) is 5.96 Å². The number of nitrogens with one attached hydrogen (secondary N) is 2. The first kappa shape index (κ1) is 17.8. The fourth-order valence-electron chi connectivity index (χ4n) is 3.72. The van der Waals surface area contributed by atoms with E-state index in [-0.39, 0.29) is 11.3 Å². The molecule has 2 atom stereocenters. The summed E-state index contributed by atoms with van der Waals surface area (Å²) in [5.41, 5.74) is 0.0776. The largest absolute Gasteiger partial charge is 0.469 e. The molecule has 2 fully saturated rings. The third-order valence-electron chi connectivity index (χ3n) is 5.34. The molecule has 138 valence electrons. The van der Waals surface area contributed by atoms with Crippen molar-refractivity contribution in [3.05, 3.63) is 24.2 Å². The minimum Gasteiger partial charge on any atom is -0.469 e. The van der Waals surface area contributed by atoms with E-state index in [0.29, 0.717) is 19.0 Å². The van der Waals surface area contributed by atoms with Gasteiger partial charge in [-0.2, -0.15) is 0 Å². The molecule has 6 nitrogen and oxygen atoms in total. The van der Waals surface area contributed by atoms with Crippen molar-refractivity contribution in [1.82, 2.24) is 15.5 Å². The van der Waals surface area contributed by atoms with Crippen LogP contribution in [0.1, 0.15) is 45.3 Å². The van der Waals surface area contributed by atoms with Gasteiger partial charge in [0, 0.05) is 50.5 Å². The molecule has 3 heterocycles. The van der Waals surface area contributed by atoms with E-state index in [9.17, 15) is 4.79 Å². The summed E-state index contributed by atoms with van der Waals surface area (Å²) in [6.07, 6.45) is 6.43. The number of furan rings is 1. The summed E-state index contributed by atoms with van der Waals surface area (Å²) in [5, 5.41) is 6.59. The number of aliphatic imine (C=N–C) groups is 1. The number of hydrogen-bond donors (Lipinski definition) is 2. The Balaban J connectivity index is 1.68. The predicted octanol–water partition coefficient (Wildman–Crippen LogP) is 2.17. The number of nitrogens with zero attached hydrogens (tertiary/aromatic N) is 2. The lowest BCUT2D eigenvalue weighted by Gasteiger charge is -2.41. The number of piperidine rings is 1. The number of amides is 1. The molecule has 3 rings (SSSR count). The van der Waals surface area contributed by atoms with E-state index in [0.717, 1.165) is 57.0 Å². The van der Waals surface area contributed by atoms with E-state index in [1.54, 1.807) is 6.26 Å². The lowest BCUT2D eigenvalue weighted by molar-refractivity contribution is -0.119. The molecule has 2 saturated heterocycles. The molecule has 1 spiro atoms. The van der Waals surface area contributed by atoms with Crippen LogP contribution in [0, 0.1) is 5.41 Å². The molecule has 2 N–H and O–H groups in total. The van der Waals surface area contributed by atoms with Crippen molar-refractivity contribution < 1.29 is 9.21 Å². The lowest BCUT2D eigenvalue weighted by atomic mass is 9.79. The SMILES string of the molecule is CCC(C)NC(=NCCc1ccco1)N1CCCC2(CNC(=O)C2)C1. The van der Waals surface area contributed by atoms with Crippen LogP contribution in [-0.2, 0) is 11.2 Å². The van der Waals surface area contributed by atoms with E-state index in [1.807, 2.05) is 12.1 Å². The van der Waals surface area contributed by atoms with Crippen LogP contribution in [0.5, 0.6) is 0 Å². The maximum atomic E-state index is 11.7. The highest BCUT2D eigenvalue weighted by atomic mass is 16.3. The molecule has 1 aromatic heterocycles. The Labute approximate surface area is 150 Å². The van der Waals surface area contributed by atoms with Crippen LogP contribution in [0.25, 0.3) is 0 Å². The van der Waals surface area contributed by atoms with Crippen LogP contribution in [0.15, 0.2) is 27.8 Å². The van der Waals surface area contributed by atoms with Gasteiger partial charge in [-0.1, -0.05) is 6.92 Å². The fourth-order valence-corrected chi connectivity index (χ4v) is 3.72. The van der Waals surface area contributed by atoms with E-state index in [4.69, 9.17) is 9.41 Å². The minimum atomic E-state index is 0.0776. The summed E-state index contributed by atoms with van der Waals surface area (Å²) in [5.74, 6) is 2.12. The Bertz CT molecular complexity index is 599. The standard InChI is InChI=1S/C19H30N4O2/c1-3-15(2)22-18(20-9-7-16-6-4-11-25-16)23-10-5-8-19(14-23)12-17(24)21-13-19/h4,6,11,15H,3,5,7-10,12-14H2,1-2H3,(H,20,22)(H,21,24). The third-order valence-corrected chi connectivity index (χ3v) is 5.34. The molecule has 0 aliphatic carbocycles. The van der Waals surface area contributed by atoms with E-state index in [1.165, 1.54) is 0 Å². The van der Waals surface area contributed by atoms with Gasteiger partial charge in [0.25, 0.3) is 0 Å². The number of rotatable bonds is 5. The second-order valence-corrected chi connectivity index (χ2v) is 7.47. The van der Waals surface area contributed by atoms with E-state index >= 15 is 0 Å². The first-order valence-corrected chi connectivity index (χ1v) is 9.45. The summed E-state index contributed by atoms with van der Waals surface area (Å²) in [4.78, 5) is 18.9. The summed E-state index contributed by atoms with van der Waals surface area (Å²) in [7, 11) is 0. The van der Waals surface area contributed by atoms with Gasteiger partial charge in [0.05, 0.1) is 6.26 Å². The average molecular weight is 346 g/mol. The van der Waals surface area contributed by atoms with Gasteiger partial charge in [-0.3, -0.25) is 9.79 Å². The molecule has 6 heteroatoms. The summed E-state index contributed by atoms with van der Waals surface area (Å²) < 4.78 is 5.40. The minimum absolute atomic E-state index is 0.0776. The van der Waals surface area contributed by atoms with Crippen molar-refractivity contribution in [2.24, 2.45) is 10.4 Å². The topological polar surface area (TPSA) is 69.9 Å². The quantitative estimate of drug-likeness (QED) is 0.633. The van der Waals surface area contributed by atoms with Crippen molar-refractivity contribution in [2.75, 3.05) is 26.2 Å². The van der Waals surface area contributed by atoms with Gasteiger partial charge < -0.3 is 20.0 Å². The summed E-state index contributed by atoms with van der Waals surface area (Å²) in [6, 6.07) is 4.28. The number of guanidine groups is 1. The predicted molar refractivity (Wildman–Crippen MR) is 98.5 cm³/mol. The van der Waals surface area contributed by atoms with Crippen LogP contribution in [0.3, 0.4) is 0 Å². The number of carbonyl (C=O) groups is 1. The zero-order valence-corrected chi connectivity index (χ0v) is 15.4. The van der Waals surface area contributed by atoms with Crippen LogP contribution in [-0.4, -0.2) is 49.0 Å². The molecule has 0 aromatic carbocycles. The number of hydrogen-bond acceptors (Lipinski definition) is 3. The highest BCUT2D eigenvalue weighted by molar-refractivity contribution is 5.82. The lowest BCUT2D eigenvalue weighted by Crippen LogP contribution is -2.53. The molecule has 25 heavy (non-hydrogen) atoms. The van der Waals surface area contributed by atoms with Gasteiger partial charge in [0.1, 0.15) is 5.76 Å². The molecule has 2 aliphatic heterocycles. The van der Waals surface area contributed by atoms with E-state index < -0.39 is 0 Å². The zero-order valence-electron chi connectivity index (χ0n) is 15.4. The molecule has 0 bridgehead atoms. The summed E-state index contributed by atoms with van der Waals surface area (Å²) >= 11 is 0. The van der Waals surface area contributed by atoms with Crippen molar-refractivity contribution in [1.29, 1.82) is 0 Å². The van der Waals surface area contributed by atoms with Gasteiger partial charge in [-0.25, -0.2) is 0 Å². The maximum Gasteiger partial charge on any atom is 0.220 e. The Morgan fingerprint density at radius 2 is 2.44 bits per heavy atom. The van der Waals surface area contributed by atoms with Crippen molar-refractivity contribution in [3.8, 4) is 0 Å². The monoisotopic (exact) mass is 346 g/mol. The smallest absolute Gasteiger partial charge is 0.220 e. The number of likely N-dealkylation sites (tertiary alicyclic amines) is 1. The van der Waals surface area contributed by atoms with E-state index in [2.05, 4.69) is 29.4 Å². The highest BCUT2D eigenvalue weighted by Crippen LogP contribution is 2.36. The second-order valence-electron chi connectivity index (χ2n) is 7.47. The van der Waals surface area contributed by atoms with Crippen LogP contribution < -0.4 is 10.6 Å². The fraction of sp³-hybridized carbons (Fsp3) is 0.684. The average Bonchev–Trinajstić information content (AvgIpc) is 3.24. The first-order valence-electron chi connectivity index (χ1n) is 9.45. The Hall–Kier alpha value is -1.98. The zero-order chi connectivity index (χ0) is 17.7. The molecular formula is C19H30N4O2. The molecule has 1 aromatic rings. The second kappa shape index (κ2) is 7.93. The molecule has 0 saturated carbocycles. The van der Waals surface area contributed by atoms with Gasteiger partial charge in [0.2, 0.25) is 5.91 Å². The Morgan fingerprint density at radius 3 is 3.12 bits per heavy atom. The maximum absolute atomic E-state index is 11.7. The molecule has 2 unspecified atom stereocenters. The normalized spacial score (nSPS) is 25.3. The van der Waals surface area contributed by atoms with Crippen molar-refractivity contribution >= 4 is 11.9 Å². The van der Waals surface area contributed by atoms with Gasteiger partial charge in [-0.15, -0.1) is 0 Å². The third kappa shape index (κ3) is 4.55. The summed E-state index contributed by atoms with van der Waals surface area (Å²) in [6.45, 7) is 7.75. The van der Waals surface area contributed by atoms with Crippen LogP contribution in [0.4, 0.5) is 0 Å². The molecular weight excluding hydrogens is 316 g/mol. The van der Waals surface area contributed by atoms with Gasteiger partial charge in [-0.05, 0) is 38.3 Å². The van der Waals surface area contributed by atoms with Crippen molar-refractivity contribution in [2.45, 2.75) is 52.0 Å².